The van der Waals surface area contributed by atoms with Crippen LogP contribution >= 0.6 is 15.9 Å². The number of anilines is 1. The van der Waals surface area contributed by atoms with E-state index in [9.17, 15) is 13.2 Å². The Kier molecular flexibility index (Phi) is 5.45. The van der Waals surface area contributed by atoms with E-state index in [0.717, 1.165) is 49.8 Å². The van der Waals surface area contributed by atoms with Crippen molar-refractivity contribution in [3.05, 3.63) is 33.8 Å². The summed E-state index contributed by atoms with van der Waals surface area (Å²) in [6.07, 6.45) is 10.3. The van der Waals surface area contributed by atoms with Gasteiger partial charge in [0.1, 0.15) is 0 Å². The van der Waals surface area contributed by atoms with Crippen molar-refractivity contribution < 1.29 is 13.2 Å². The lowest BCUT2D eigenvalue weighted by molar-refractivity contribution is -0.119. The second kappa shape index (κ2) is 7.68. The van der Waals surface area contributed by atoms with Gasteiger partial charge in [-0.15, -0.1) is 0 Å². The van der Waals surface area contributed by atoms with E-state index >= 15 is 0 Å². The molecule has 7 heteroatoms. The standard InChI is InChI=1S/C20H25BrN2O3S/c21-17-12-16-9-11-23(20(24)15-6-7-15)18(16)13-19(17)27(25,26)22-10-8-14-4-2-1-3-5-14/h4,12-13,15,22H,1-3,5-11H2. The van der Waals surface area contributed by atoms with Crippen molar-refractivity contribution in [3.8, 4) is 0 Å². The molecule has 1 heterocycles. The van der Waals surface area contributed by atoms with Gasteiger partial charge in [-0.3, -0.25) is 4.79 Å². The van der Waals surface area contributed by atoms with Crippen LogP contribution < -0.4 is 9.62 Å². The molecule has 0 unspecified atom stereocenters. The summed E-state index contributed by atoms with van der Waals surface area (Å²) in [4.78, 5) is 14.5. The number of sulfonamides is 1. The average molecular weight is 453 g/mol. The zero-order chi connectivity index (χ0) is 19.0. The summed E-state index contributed by atoms with van der Waals surface area (Å²) < 4.78 is 29.0. The van der Waals surface area contributed by atoms with Gasteiger partial charge in [0.2, 0.25) is 15.9 Å². The lowest BCUT2D eigenvalue weighted by Gasteiger charge is -2.19. The first-order valence-electron chi connectivity index (χ1n) is 9.77. The predicted octanol–water partition coefficient (Wildman–Crippen LogP) is 3.92. The zero-order valence-electron chi connectivity index (χ0n) is 15.3. The Morgan fingerprint density at radius 3 is 2.74 bits per heavy atom. The van der Waals surface area contributed by atoms with Crippen molar-refractivity contribution in [1.82, 2.24) is 4.72 Å². The molecule has 1 N–H and O–H groups in total. The van der Waals surface area contributed by atoms with Gasteiger partial charge in [-0.2, -0.15) is 0 Å². The van der Waals surface area contributed by atoms with E-state index in [1.165, 1.54) is 18.4 Å². The molecule has 146 valence electrons. The summed E-state index contributed by atoms with van der Waals surface area (Å²) in [5.74, 6) is 0.262. The molecule has 2 aliphatic carbocycles. The van der Waals surface area contributed by atoms with Crippen LogP contribution in [0, 0.1) is 5.92 Å². The van der Waals surface area contributed by atoms with Gasteiger partial charge in [-0.1, -0.05) is 11.6 Å². The Morgan fingerprint density at radius 2 is 2.04 bits per heavy atom. The van der Waals surface area contributed by atoms with E-state index in [1.807, 2.05) is 6.07 Å². The minimum absolute atomic E-state index is 0.126. The van der Waals surface area contributed by atoms with Gasteiger partial charge in [0.05, 0.1) is 4.90 Å². The van der Waals surface area contributed by atoms with Crippen molar-refractivity contribution in [2.45, 2.75) is 56.3 Å². The number of nitrogens with zero attached hydrogens (tertiary/aromatic N) is 1. The fourth-order valence-corrected chi connectivity index (χ4v) is 6.07. The fraction of sp³-hybridized carbons (Fsp3) is 0.550. The first kappa shape index (κ1) is 19.2. The number of benzene rings is 1. The molecule has 1 aliphatic heterocycles. The van der Waals surface area contributed by atoms with Gasteiger partial charge in [-0.25, -0.2) is 13.1 Å². The predicted molar refractivity (Wildman–Crippen MR) is 109 cm³/mol. The SMILES string of the molecule is O=C(C1CC1)N1CCc2cc(Br)c(S(=O)(=O)NCCC3=CCCCC3)cc21. The van der Waals surface area contributed by atoms with Crippen molar-refractivity contribution in [2.75, 3.05) is 18.0 Å². The maximum Gasteiger partial charge on any atom is 0.241 e. The molecule has 0 radical (unpaired) electrons. The summed E-state index contributed by atoms with van der Waals surface area (Å²) in [6, 6.07) is 3.52. The minimum Gasteiger partial charge on any atom is -0.312 e. The third-order valence-electron chi connectivity index (χ3n) is 5.63. The first-order valence-corrected chi connectivity index (χ1v) is 12.0. The highest BCUT2D eigenvalue weighted by Gasteiger charge is 2.37. The number of fused-ring (bicyclic) bond motifs is 1. The molecule has 3 aliphatic rings. The van der Waals surface area contributed by atoms with Crippen LogP contribution in [0.4, 0.5) is 5.69 Å². The highest BCUT2D eigenvalue weighted by molar-refractivity contribution is 9.10. The lowest BCUT2D eigenvalue weighted by atomic mass is 9.97. The largest absolute Gasteiger partial charge is 0.312 e. The molecule has 0 aromatic heterocycles. The smallest absolute Gasteiger partial charge is 0.241 e. The molecule has 1 aromatic rings. The molecular weight excluding hydrogens is 428 g/mol. The van der Waals surface area contributed by atoms with Crippen LogP contribution in [-0.4, -0.2) is 27.4 Å². The normalized spacial score (nSPS) is 19.7. The Bertz CT molecular complexity index is 891. The molecule has 0 saturated heterocycles. The number of amides is 1. The van der Waals surface area contributed by atoms with Gasteiger partial charge < -0.3 is 4.90 Å². The number of hydrogen-bond acceptors (Lipinski definition) is 3. The summed E-state index contributed by atoms with van der Waals surface area (Å²) in [5, 5.41) is 0. The Hall–Kier alpha value is -1.18. The maximum absolute atomic E-state index is 12.9. The summed E-state index contributed by atoms with van der Waals surface area (Å²) >= 11 is 3.42. The van der Waals surface area contributed by atoms with Crippen LogP contribution in [0.2, 0.25) is 0 Å². The van der Waals surface area contributed by atoms with Gasteiger partial charge in [0.15, 0.2) is 0 Å². The van der Waals surface area contributed by atoms with Crippen molar-refractivity contribution in [1.29, 1.82) is 0 Å². The quantitative estimate of drug-likeness (QED) is 0.665. The van der Waals surface area contributed by atoms with E-state index in [-0.39, 0.29) is 16.7 Å². The third kappa shape index (κ3) is 4.15. The van der Waals surface area contributed by atoms with Gasteiger partial charge in [0.25, 0.3) is 0 Å². The second-order valence-electron chi connectivity index (χ2n) is 7.68. The topological polar surface area (TPSA) is 66.5 Å². The van der Waals surface area contributed by atoms with Crippen molar-refractivity contribution in [3.63, 3.8) is 0 Å². The lowest BCUT2D eigenvalue weighted by Crippen LogP contribution is -2.30. The zero-order valence-corrected chi connectivity index (χ0v) is 17.7. The number of allylic oxidation sites excluding steroid dienone is 1. The first-order chi connectivity index (χ1) is 13.0. The number of halogens is 1. The molecule has 1 fully saturated rings. The van der Waals surface area contributed by atoms with E-state index < -0.39 is 10.0 Å². The second-order valence-corrected chi connectivity index (χ2v) is 10.3. The highest BCUT2D eigenvalue weighted by atomic mass is 79.9. The van der Waals surface area contributed by atoms with Crippen LogP contribution in [0.15, 0.2) is 33.2 Å². The van der Waals surface area contributed by atoms with Crippen LogP contribution in [-0.2, 0) is 21.2 Å². The summed E-state index contributed by atoms with van der Waals surface area (Å²) in [6.45, 7) is 1.05. The average Bonchev–Trinajstić information content (AvgIpc) is 3.41. The number of carbonyl (C=O) groups is 1. The molecule has 0 bridgehead atoms. The van der Waals surface area contributed by atoms with E-state index in [4.69, 9.17) is 0 Å². The van der Waals surface area contributed by atoms with Crippen LogP contribution in [0.3, 0.4) is 0 Å². The molecule has 1 amide bonds. The molecule has 1 saturated carbocycles. The maximum atomic E-state index is 12.9. The number of nitrogens with one attached hydrogen (secondary N) is 1. The van der Waals surface area contributed by atoms with Crippen molar-refractivity contribution in [2.24, 2.45) is 5.92 Å². The van der Waals surface area contributed by atoms with E-state index in [1.54, 1.807) is 11.0 Å². The molecule has 1 aromatic carbocycles. The summed E-state index contributed by atoms with van der Waals surface area (Å²) in [5.41, 5.74) is 3.13. The molecule has 4 rings (SSSR count). The highest BCUT2D eigenvalue weighted by Crippen LogP contribution is 2.39. The molecule has 0 atom stereocenters. The Balaban J connectivity index is 1.51. The van der Waals surface area contributed by atoms with Crippen molar-refractivity contribution >= 4 is 37.5 Å². The molecule has 27 heavy (non-hydrogen) atoms. The summed E-state index contributed by atoms with van der Waals surface area (Å²) in [7, 11) is -3.63. The molecule has 0 spiro atoms. The Labute approximate surface area is 169 Å². The van der Waals surface area contributed by atoms with Crippen LogP contribution in [0.25, 0.3) is 0 Å². The van der Waals surface area contributed by atoms with Gasteiger partial charge in [0, 0.05) is 29.2 Å². The fourth-order valence-electron chi connectivity index (χ4n) is 3.93. The van der Waals surface area contributed by atoms with Crippen LogP contribution in [0.5, 0.6) is 0 Å². The number of rotatable bonds is 6. The van der Waals surface area contributed by atoms with Gasteiger partial charge in [-0.05, 0) is 85.0 Å². The molecular formula is C20H25BrN2O3S. The monoisotopic (exact) mass is 452 g/mol. The Morgan fingerprint density at radius 1 is 1.22 bits per heavy atom. The number of hydrogen-bond donors (Lipinski definition) is 1. The minimum atomic E-state index is -3.63. The van der Waals surface area contributed by atoms with Gasteiger partial charge >= 0.3 is 0 Å². The van der Waals surface area contributed by atoms with E-state index in [0.29, 0.717) is 17.6 Å². The number of carbonyl (C=O) groups excluding carboxylic acids is 1. The third-order valence-corrected chi connectivity index (χ3v) is 8.05. The van der Waals surface area contributed by atoms with Crippen LogP contribution in [0.1, 0.15) is 50.5 Å². The molecule has 5 nitrogen and oxygen atoms in total. The van der Waals surface area contributed by atoms with E-state index in [2.05, 4.69) is 26.7 Å².